The maximum atomic E-state index is 12.7. The van der Waals surface area contributed by atoms with Crippen molar-refractivity contribution in [3.05, 3.63) is 0 Å². The van der Waals surface area contributed by atoms with E-state index in [4.69, 9.17) is 15.7 Å². The minimum absolute atomic E-state index is 0.00876. The Bertz CT molecular complexity index is 313. The first kappa shape index (κ1) is 18.7. The lowest BCUT2D eigenvalue weighted by atomic mass is 9.76. The number of hydrogen-bond donors (Lipinski definition) is 2. The van der Waals surface area contributed by atoms with Crippen molar-refractivity contribution in [1.29, 1.82) is 0 Å². The molecule has 0 rings (SSSR count). The lowest BCUT2D eigenvalue weighted by Gasteiger charge is -2.34. The zero-order valence-electron chi connectivity index (χ0n) is 13.2. The molecule has 0 aromatic rings. The van der Waals surface area contributed by atoms with Crippen molar-refractivity contribution in [3.8, 4) is 0 Å². The third kappa shape index (κ3) is 4.67. The average molecular weight is 287 g/mol. The Morgan fingerprint density at radius 3 is 2.25 bits per heavy atom. The summed E-state index contributed by atoms with van der Waals surface area (Å²) in [4.78, 5) is 14.3. The van der Waals surface area contributed by atoms with Gasteiger partial charge in [-0.05, 0) is 19.8 Å². The third-order valence-corrected chi connectivity index (χ3v) is 3.48. The van der Waals surface area contributed by atoms with Crippen LogP contribution in [0.5, 0.6) is 0 Å². The van der Waals surface area contributed by atoms with Gasteiger partial charge in [0, 0.05) is 20.2 Å². The molecule has 1 amide bonds. The van der Waals surface area contributed by atoms with E-state index in [0.717, 1.165) is 12.8 Å². The van der Waals surface area contributed by atoms with Crippen LogP contribution >= 0.6 is 0 Å². The highest BCUT2D eigenvalue weighted by Crippen LogP contribution is 2.32. The molecule has 0 aliphatic carbocycles. The molecule has 0 aliphatic heterocycles. The first-order chi connectivity index (χ1) is 9.49. The highest BCUT2D eigenvalue weighted by molar-refractivity contribution is 6.06. The topological polar surface area (TPSA) is 88.2 Å². The molecule has 0 aliphatic rings. The van der Waals surface area contributed by atoms with Crippen molar-refractivity contribution in [2.45, 2.75) is 46.5 Å². The number of amides is 1. The van der Waals surface area contributed by atoms with Gasteiger partial charge in [0.1, 0.15) is 5.41 Å². The quantitative estimate of drug-likeness (QED) is 0.211. The number of nitrogens with zero attached hydrogens (tertiary/aromatic N) is 2. The monoisotopic (exact) mass is 287 g/mol. The molecule has 6 heteroatoms. The van der Waals surface area contributed by atoms with Crippen LogP contribution in [0.2, 0.25) is 0 Å². The van der Waals surface area contributed by atoms with Crippen LogP contribution in [0.1, 0.15) is 46.5 Å². The van der Waals surface area contributed by atoms with Gasteiger partial charge in [0.05, 0.1) is 6.61 Å². The number of amidine groups is 1. The molecule has 20 heavy (non-hydrogen) atoms. The number of hydrogen-bond acceptors (Lipinski definition) is 4. The average Bonchev–Trinajstić information content (AvgIpc) is 2.45. The van der Waals surface area contributed by atoms with E-state index in [1.807, 2.05) is 20.8 Å². The Balaban J connectivity index is 5.12. The summed E-state index contributed by atoms with van der Waals surface area (Å²) in [5.41, 5.74) is 4.94. The predicted molar refractivity (Wildman–Crippen MR) is 79.8 cm³/mol. The minimum atomic E-state index is -0.904. The van der Waals surface area contributed by atoms with E-state index < -0.39 is 5.41 Å². The summed E-state index contributed by atoms with van der Waals surface area (Å²) in [6.45, 7) is 7.50. The summed E-state index contributed by atoms with van der Waals surface area (Å²) in [7, 11) is 1.73. The summed E-state index contributed by atoms with van der Waals surface area (Å²) in [6, 6.07) is 0. The Morgan fingerprint density at radius 1 is 1.30 bits per heavy atom. The molecule has 6 nitrogen and oxygen atoms in total. The van der Waals surface area contributed by atoms with Crippen LogP contribution in [0.25, 0.3) is 0 Å². The summed E-state index contributed by atoms with van der Waals surface area (Å²) in [5, 5.41) is 12.1. The highest BCUT2D eigenvalue weighted by Gasteiger charge is 2.43. The molecular formula is C14H29N3O3. The van der Waals surface area contributed by atoms with E-state index in [9.17, 15) is 4.79 Å². The SMILES string of the molecule is CCCC(CCC)(C(=O)N(C)CCOCC)C(N)=NO. The number of nitrogens with two attached hydrogens (primary N) is 1. The molecule has 0 bridgehead atoms. The smallest absolute Gasteiger partial charge is 0.236 e. The van der Waals surface area contributed by atoms with E-state index in [2.05, 4.69) is 5.16 Å². The van der Waals surface area contributed by atoms with Crippen molar-refractivity contribution >= 4 is 11.7 Å². The first-order valence-corrected chi connectivity index (χ1v) is 7.31. The van der Waals surface area contributed by atoms with E-state index in [1.165, 1.54) is 0 Å². The normalized spacial score (nSPS) is 12.5. The van der Waals surface area contributed by atoms with Crippen LogP contribution < -0.4 is 5.73 Å². The minimum Gasteiger partial charge on any atom is -0.409 e. The van der Waals surface area contributed by atoms with Crippen LogP contribution in [-0.4, -0.2) is 48.7 Å². The maximum absolute atomic E-state index is 12.7. The summed E-state index contributed by atoms with van der Waals surface area (Å²) >= 11 is 0. The molecular weight excluding hydrogens is 258 g/mol. The highest BCUT2D eigenvalue weighted by atomic mass is 16.5. The number of carbonyl (C=O) groups is 1. The van der Waals surface area contributed by atoms with Crippen molar-refractivity contribution in [1.82, 2.24) is 4.90 Å². The van der Waals surface area contributed by atoms with Crippen molar-refractivity contribution in [2.75, 3.05) is 26.8 Å². The van der Waals surface area contributed by atoms with Crippen LogP contribution in [0.4, 0.5) is 0 Å². The zero-order chi connectivity index (χ0) is 15.6. The summed E-state index contributed by atoms with van der Waals surface area (Å²) < 4.78 is 5.27. The second-order valence-corrected chi connectivity index (χ2v) is 4.99. The van der Waals surface area contributed by atoms with Crippen molar-refractivity contribution < 1.29 is 14.7 Å². The second-order valence-electron chi connectivity index (χ2n) is 4.99. The Hall–Kier alpha value is -1.30. The fraction of sp³-hybridized carbons (Fsp3) is 0.857. The van der Waals surface area contributed by atoms with E-state index in [1.54, 1.807) is 11.9 Å². The summed E-state index contributed by atoms with van der Waals surface area (Å²) in [6.07, 6.45) is 2.74. The van der Waals surface area contributed by atoms with Gasteiger partial charge >= 0.3 is 0 Å². The molecule has 0 saturated heterocycles. The Labute approximate surface area is 122 Å². The third-order valence-electron chi connectivity index (χ3n) is 3.48. The molecule has 0 aromatic heterocycles. The van der Waals surface area contributed by atoms with Crippen LogP contribution in [0.3, 0.4) is 0 Å². The summed E-state index contributed by atoms with van der Waals surface area (Å²) in [5.74, 6) is -0.0920. The van der Waals surface area contributed by atoms with Gasteiger partial charge in [-0.2, -0.15) is 0 Å². The van der Waals surface area contributed by atoms with E-state index in [0.29, 0.717) is 32.6 Å². The lowest BCUT2D eigenvalue weighted by Crippen LogP contribution is -2.51. The fourth-order valence-corrected chi connectivity index (χ4v) is 2.47. The first-order valence-electron chi connectivity index (χ1n) is 7.31. The van der Waals surface area contributed by atoms with Gasteiger partial charge in [-0.15, -0.1) is 0 Å². The van der Waals surface area contributed by atoms with Gasteiger partial charge in [0.2, 0.25) is 5.91 Å². The van der Waals surface area contributed by atoms with Gasteiger partial charge in [0.15, 0.2) is 5.84 Å². The van der Waals surface area contributed by atoms with E-state index >= 15 is 0 Å². The molecule has 0 spiro atoms. The number of oxime groups is 1. The van der Waals surface area contributed by atoms with Crippen molar-refractivity contribution in [3.63, 3.8) is 0 Å². The number of carbonyl (C=O) groups excluding carboxylic acids is 1. The Kier molecular flexibility index (Phi) is 8.96. The van der Waals surface area contributed by atoms with E-state index in [-0.39, 0.29) is 11.7 Å². The number of likely N-dealkylation sites (N-methyl/N-ethyl adjacent to an activating group) is 1. The largest absolute Gasteiger partial charge is 0.409 e. The fourth-order valence-electron chi connectivity index (χ4n) is 2.47. The van der Waals surface area contributed by atoms with Crippen molar-refractivity contribution in [2.24, 2.45) is 16.3 Å². The second kappa shape index (κ2) is 9.58. The van der Waals surface area contributed by atoms with Gasteiger partial charge < -0.3 is 20.6 Å². The molecule has 3 N–H and O–H groups in total. The molecule has 0 radical (unpaired) electrons. The molecule has 0 atom stereocenters. The standard InChI is InChI=1S/C14H29N3O3/c1-5-8-14(9-6-2,12(15)16-19)13(18)17(4)10-11-20-7-3/h19H,5-11H2,1-4H3,(H2,15,16). The predicted octanol–water partition coefficient (Wildman–Crippen LogP) is 1.81. The Morgan fingerprint density at radius 2 is 1.85 bits per heavy atom. The van der Waals surface area contributed by atoms with Gasteiger partial charge in [-0.3, -0.25) is 4.79 Å². The number of ether oxygens (including phenoxy) is 1. The molecule has 0 fully saturated rings. The molecule has 0 heterocycles. The number of rotatable bonds is 10. The van der Waals surface area contributed by atoms with Crippen LogP contribution in [0, 0.1) is 5.41 Å². The molecule has 0 aromatic carbocycles. The zero-order valence-corrected chi connectivity index (χ0v) is 13.2. The van der Waals surface area contributed by atoms with Crippen LogP contribution in [0.15, 0.2) is 5.16 Å². The van der Waals surface area contributed by atoms with Gasteiger partial charge in [-0.1, -0.05) is 31.8 Å². The van der Waals surface area contributed by atoms with Gasteiger partial charge in [-0.25, -0.2) is 0 Å². The molecule has 0 saturated carbocycles. The molecule has 0 unspecified atom stereocenters. The molecule has 118 valence electrons. The van der Waals surface area contributed by atoms with Gasteiger partial charge in [0.25, 0.3) is 0 Å². The lowest BCUT2D eigenvalue weighted by molar-refractivity contribution is -0.138. The maximum Gasteiger partial charge on any atom is 0.236 e. The van der Waals surface area contributed by atoms with Crippen LogP contribution in [-0.2, 0) is 9.53 Å².